The third-order valence-corrected chi connectivity index (χ3v) is 5.34. The van der Waals surface area contributed by atoms with Crippen molar-refractivity contribution in [3.63, 3.8) is 0 Å². The number of ether oxygens (including phenoxy) is 1. The van der Waals surface area contributed by atoms with Crippen LogP contribution in [0.5, 0.6) is 5.75 Å². The number of pyridine rings is 1. The lowest BCUT2D eigenvalue weighted by Gasteiger charge is -2.39. The molecule has 1 aliphatic rings. The first-order valence-corrected chi connectivity index (χ1v) is 9.57. The van der Waals surface area contributed by atoms with E-state index in [1.807, 2.05) is 36.4 Å². The maximum Gasteiger partial charge on any atom is 0.259 e. The molecule has 28 heavy (non-hydrogen) atoms. The van der Waals surface area contributed by atoms with Crippen LogP contribution >= 0.6 is 0 Å². The molecule has 0 N–H and O–H groups in total. The highest BCUT2D eigenvalue weighted by Gasteiger charge is 2.23. The maximum absolute atomic E-state index is 5.44. The molecule has 1 fully saturated rings. The highest BCUT2D eigenvalue weighted by atomic mass is 16.5. The van der Waals surface area contributed by atoms with Gasteiger partial charge in [0.15, 0.2) is 0 Å². The van der Waals surface area contributed by atoms with Crippen LogP contribution in [0.2, 0.25) is 0 Å². The van der Waals surface area contributed by atoms with Gasteiger partial charge in [-0.25, -0.2) is 4.98 Å². The molecule has 4 rings (SSSR count). The van der Waals surface area contributed by atoms with Crippen LogP contribution in [0.4, 0.5) is 5.82 Å². The summed E-state index contributed by atoms with van der Waals surface area (Å²) in [4.78, 5) is 13.9. The van der Waals surface area contributed by atoms with Crippen LogP contribution in [0.3, 0.4) is 0 Å². The first-order chi connectivity index (χ1) is 13.7. The number of hydrogen-bond donors (Lipinski definition) is 0. The summed E-state index contributed by atoms with van der Waals surface area (Å²) in [6.07, 6.45) is 2.95. The Labute approximate surface area is 164 Å². The molecule has 0 bridgehead atoms. The molecule has 1 aliphatic heterocycles. The molecule has 7 heteroatoms. The van der Waals surface area contributed by atoms with Crippen LogP contribution in [0.25, 0.3) is 22.8 Å². The second-order valence-corrected chi connectivity index (χ2v) is 7.05. The molecule has 0 amide bonds. The molecule has 0 spiro atoms. The van der Waals surface area contributed by atoms with Gasteiger partial charge in [-0.05, 0) is 49.9 Å². The molecule has 146 valence electrons. The Morgan fingerprint density at radius 1 is 1.11 bits per heavy atom. The summed E-state index contributed by atoms with van der Waals surface area (Å²) in [6.45, 7) is 5.27. The number of anilines is 1. The minimum Gasteiger partial charge on any atom is -0.497 e. The zero-order valence-electron chi connectivity index (χ0n) is 16.5. The van der Waals surface area contributed by atoms with Crippen molar-refractivity contribution in [2.45, 2.75) is 19.4 Å². The zero-order valence-corrected chi connectivity index (χ0v) is 16.5. The summed E-state index contributed by atoms with van der Waals surface area (Å²) >= 11 is 0. The number of rotatable bonds is 5. The van der Waals surface area contributed by atoms with Crippen molar-refractivity contribution in [3.8, 4) is 28.6 Å². The predicted molar refractivity (Wildman–Crippen MR) is 108 cm³/mol. The largest absolute Gasteiger partial charge is 0.497 e. The van der Waals surface area contributed by atoms with Gasteiger partial charge in [-0.2, -0.15) is 4.98 Å². The summed E-state index contributed by atoms with van der Waals surface area (Å²) in [7, 11) is 3.83. The first kappa shape index (κ1) is 18.4. The minimum absolute atomic E-state index is 0.467. The van der Waals surface area contributed by atoms with Crippen molar-refractivity contribution in [1.29, 1.82) is 0 Å². The van der Waals surface area contributed by atoms with Crippen molar-refractivity contribution in [1.82, 2.24) is 20.0 Å². The molecular weight excluding hydrogens is 354 g/mol. The third-order valence-electron chi connectivity index (χ3n) is 5.34. The van der Waals surface area contributed by atoms with Gasteiger partial charge in [0.25, 0.3) is 5.89 Å². The molecule has 1 atom stereocenters. The standard InChI is InChI=1S/C21H25N5O2/c1-4-17-14-26(12-11-25(17)2)19-10-7-16(13-22-19)21-23-20(24-28-21)15-5-8-18(27-3)9-6-15/h5-10,13,17H,4,11-12,14H2,1-3H3. The van der Waals surface area contributed by atoms with E-state index in [4.69, 9.17) is 9.26 Å². The number of benzene rings is 1. The van der Waals surface area contributed by atoms with E-state index in [0.717, 1.165) is 48.7 Å². The molecule has 2 aromatic heterocycles. The number of likely N-dealkylation sites (N-methyl/N-ethyl adjacent to an activating group) is 1. The molecule has 1 saturated heterocycles. The zero-order chi connectivity index (χ0) is 19.5. The Hall–Kier alpha value is -2.93. The van der Waals surface area contributed by atoms with Gasteiger partial charge in [0, 0.05) is 37.4 Å². The predicted octanol–water partition coefficient (Wildman–Crippen LogP) is 3.34. The highest BCUT2D eigenvalue weighted by molar-refractivity contribution is 5.61. The Morgan fingerprint density at radius 2 is 1.89 bits per heavy atom. The number of hydrogen-bond acceptors (Lipinski definition) is 7. The van der Waals surface area contributed by atoms with Gasteiger partial charge in [-0.3, -0.25) is 4.90 Å². The summed E-state index contributed by atoms with van der Waals surface area (Å²) < 4.78 is 10.6. The van der Waals surface area contributed by atoms with E-state index in [2.05, 4.69) is 38.9 Å². The maximum atomic E-state index is 5.44. The number of nitrogens with zero attached hydrogens (tertiary/aromatic N) is 5. The number of methoxy groups -OCH3 is 1. The monoisotopic (exact) mass is 379 g/mol. The topological polar surface area (TPSA) is 67.5 Å². The van der Waals surface area contributed by atoms with Crippen LogP contribution in [0.1, 0.15) is 13.3 Å². The fourth-order valence-corrected chi connectivity index (χ4v) is 3.49. The van der Waals surface area contributed by atoms with Gasteiger partial charge in [0.1, 0.15) is 11.6 Å². The Morgan fingerprint density at radius 3 is 2.57 bits per heavy atom. The van der Waals surface area contributed by atoms with Gasteiger partial charge in [-0.15, -0.1) is 0 Å². The van der Waals surface area contributed by atoms with Gasteiger partial charge in [0.2, 0.25) is 5.82 Å². The molecule has 0 saturated carbocycles. The Balaban J connectivity index is 1.49. The Kier molecular flexibility index (Phi) is 5.25. The lowest BCUT2D eigenvalue weighted by Crippen LogP contribution is -2.51. The fourth-order valence-electron chi connectivity index (χ4n) is 3.49. The minimum atomic E-state index is 0.467. The molecule has 1 aromatic carbocycles. The molecule has 3 aromatic rings. The summed E-state index contributed by atoms with van der Waals surface area (Å²) in [5.74, 6) is 2.80. The van der Waals surface area contributed by atoms with Crippen LogP contribution in [0.15, 0.2) is 47.1 Å². The van der Waals surface area contributed by atoms with Crippen LogP contribution in [-0.4, -0.2) is 59.9 Å². The van der Waals surface area contributed by atoms with Gasteiger partial charge in [0.05, 0.1) is 12.7 Å². The van der Waals surface area contributed by atoms with Crippen LogP contribution in [-0.2, 0) is 0 Å². The first-order valence-electron chi connectivity index (χ1n) is 9.57. The Bertz CT molecular complexity index is 907. The second kappa shape index (κ2) is 7.98. The SMILES string of the molecule is CCC1CN(c2ccc(-c3nc(-c4ccc(OC)cc4)no3)cn2)CCN1C. The van der Waals surface area contributed by atoms with Crippen molar-refractivity contribution in [2.24, 2.45) is 0 Å². The van der Waals surface area contributed by atoms with Gasteiger partial charge in [-0.1, -0.05) is 12.1 Å². The van der Waals surface area contributed by atoms with Gasteiger partial charge >= 0.3 is 0 Å². The normalized spacial score (nSPS) is 17.7. The average Bonchev–Trinajstić information content (AvgIpc) is 3.24. The summed E-state index contributed by atoms with van der Waals surface area (Å²) in [5.41, 5.74) is 1.70. The van der Waals surface area contributed by atoms with Crippen LogP contribution < -0.4 is 9.64 Å². The smallest absolute Gasteiger partial charge is 0.259 e. The van der Waals surface area contributed by atoms with E-state index in [0.29, 0.717) is 17.8 Å². The van der Waals surface area contributed by atoms with Crippen molar-refractivity contribution < 1.29 is 9.26 Å². The lowest BCUT2D eigenvalue weighted by molar-refractivity contribution is 0.213. The van der Waals surface area contributed by atoms with E-state index in [1.165, 1.54) is 0 Å². The highest BCUT2D eigenvalue weighted by Crippen LogP contribution is 2.25. The second-order valence-electron chi connectivity index (χ2n) is 7.05. The van der Waals surface area contributed by atoms with Gasteiger partial charge < -0.3 is 14.2 Å². The molecule has 0 radical (unpaired) electrons. The van der Waals surface area contributed by atoms with Crippen molar-refractivity contribution in [2.75, 3.05) is 38.7 Å². The molecular formula is C21H25N5O2. The van der Waals surface area contributed by atoms with E-state index in [-0.39, 0.29) is 0 Å². The van der Waals surface area contributed by atoms with Crippen molar-refractivity contribution >= 4 is 5.82 Å². The number of piperazine rings is 1. The molecule has 0 aliphatic carbocycles. The summed E-state index contributed by atoms with van der Waals surface area (Å²) in [6, 6.07) is 12.2. The third kappa shape index (κ3) is 3.71. The fraction of sp³-hybridized carbons (Fsp3) is 0.381. The summed E-state index contributed by atoms with van der Waals surface area (Å²) in [5, 5.41) is 4.09. The molecule has 3 heterocycles. The quantitative estimate of drug-likeness (QED) is 0.673. The van der Waals surface area contributed by atoms with E-state index in [1.54, 1.807) is 13.3 Å². The van der Waals surface area contributed by atoms with E-state index in [9.17, 15) is 0 Å². The number of aromatic nitrogens is 3. The molecule has 7 nitrogen and oxygen atoms in total. The lowest BCUT2D eigenvalue weighted by atomic mass is 10.1. The van der Waals surface area contributed by atoms with Crippen molar-refractivity contribution in [3.05, 3.63) is 42.6 Å². The average molecular weight is 379 g/mol. The van der Waals surface area contributed by atoms with E-state index >= 15 is 0 Å². The van der Waals surface area contributed by atoms with E-state index < -0.39 is 0 Å². The van der Waals surface area contributed by atoms with Crippen LogP contribution in [0, 0.1) is 0 Å². The molecule has 1 unspecified atom stereocenters.